The number of anilines is 1. The summed E-state index contributed by atoms with van der Waals surface area (Å²) in [6, 6.07) is 0. The summed E-state index contributed by atoms with van der Waals surface area (Å²) in [5.41, 5.74) is 9.01. The van der Waals surface area contributed by atoms with Crippen LogP contribution >= 0.6 is 11.8 Å². The van der Waals surface area contributed by atoms with Crippen LogP contribution in [0, 0.1) is 6.92 Å². The third-order valence-corrected chi connectivity index (χ3v) is 3.56. The highest BCUT2D eigenvalue weighted by atomic mass is 32.2. The van der Waals surface area contributed by atoms with Crippen LogP contribution in [0.1, 0.15) is 16.8 Å². The van der Waals surface area contributed by atoms with Crippen LogP contribution < -0.4 is 5.73 Å². The quantitative estimate of drug-likeness (QED) is 0.821. The summed E-state index contributed by atoms with van der Waals surface area (Å²) >= 11 is 1.80. The highest BCUT2D eigenvalue weighted by molar-refractivity contribution is 7.98. The van der Waals surface area contributed by atoms with Crippen LogP contribution in [-0.2, 0) is 11.5 Å². The molecule has 6 heteroatoms. The summed E-state index contributed by atoms with van der Waals surface area (Å²) in [5.74, 6) is 3.39. The second-order valence-corrected chi connectivity index (χ2v) is 4.92. The summed E-state index contributed by atoms with van der Waals surface area (Å²) in [4.78, 5) is 17.2. The molecule has 0 atom stereocenters. The zero-order chi connectivity index (χ0) is 11.8. The maximum atomic E-state index is 5.92. The lowest BCUT2D eigenvalue weighted by Crippen LogP contribution is -2.04. The van der Waals surface area contributed by atoms with E-state index in [2.05, 4.69) is 19.9 Å². The van der Waals surface area contributed by atoms with Gasteiger partial charge in [-0.1, -0.05) is 0 Å². The van der Waals surface area contributed by atoms with Crippen molar-refractivity contribution in [3.8, 4) is 11.6 Å². The van der Waals surface area contributed by atoms with Crippen LogP contribution in [-0.4, -0.2) is 19.9 Å². The van der Waals surface area contributed by atoms with Crippen LogP contribution in [0.5, 0.6) is 0 Å². The molecule has 2 aromatic heterocycles. The molecule has 0 saturated heterocycles. The molecule has 0 amide bonds. The van der Waals surface area contributed by atoms with E-state index in [9.17, 15) is 0 Å². The van der Waals surface area contributed by atoms with Gasteiger partial charge in [0.15, 0.2) is 11.6 Å². The lowest BCUT2D eigenvalue weighted by atomic mass is 10.2. The number of thioether (sulfide) groups is 1. The Labute approximate surface area is 103 Å². The number of hydrogen-bond acceptors (Lipinski definition) is 6. The molecule has 2 N–H and O–H groups in total. The van der Waals surface area contributed by atoms with Crippen LogP contribution in [0.25, 0.3) is 11.6 Å². The molecule has 0 spiro atoms. The van der Waals surface area contributed by atoms with E-state index in [-0.39, 0.29) is 0 Å². The van der Waals surface area contributed by atoms with Crippen molar-refractivity contribution in [3.63, 3.8) is 0 Å². The van der Waals surface area contributed by atoms with Gasteiger partial charge in [0.25, 0.3) is 0 Å². The first kappa shape index (κ1) is 10.5. The molecule has 86 valence electrons. The predicted octanol–water partition coefficient (Wildman–Crippen LogP) is 1.57. The number of aromatic nitrogens is 4. The van der Waals surface area contributed by atoms with E-state index in [1.807, 2.05) is 6.92 Å². The van der Waals surface area contributed by atoms with E-state index in [0.717, 1.165) is 28.3 Å². The van der Waals surface area contributed by atoms with Gasteiger partial charge < -0.3 is 5.73 Å². The molecule has 0 bridgehead atoms. The average Bonchev–Trinajstić information content (AvgIpc) is 2.78. The lowest BCUT2D eigenvalue weighted by molar-refractivity contribution is 1.03. The number of aryl methyl sites for hydroxylation is 1. The average molecular weight is 245 g/mol. The van der Waals surface area contributed by atoms with Crippen LogP contribution in [0.3, 0.4) is 0 Å². The standard InChI is InChI=1S/C11H11N5S/c1-6-2-13-10(14-3-6)11-15-8-5-17-4-7(8)9(12)16-11/h2-3H,4-5H2,1H3,(H2,12,15,16). The zero-order valence-electron chi connectivity index (χ0n) is 9.34. The van der Waals surface area contributed by atoms with Crippen molar-refractivity contribution in [1.82, 2.24) is 19.9 Å². The smallest absolute Gasteiger partial charge is 0.199 e. The molecular weight excluding hydrogens is 234 g/mol. The van der Waals surface area contributed by atoms with E-state index in [1.165, 1.54) is 0 Å². The van der Waals surface area contributed by atoms with E-state index in [0.29, 0.717) is 17.5 Å². The molecule has 0 aromatic carbocycles. The summed E-state index contributed by atoms with van der Waals surface area (Å²) in [5, 5.41) is 0. The maximum Gasteiger partial charge on any atom is 0.199 e. The van der Waals surface area contributed by atoms with E-state index < -0.39 is 0 Å². The molecule has 3 heterocycles. The Bertz CT molecular complexity index is 567. The van der Waals surface area contributed by atoms with Crippen LogP contribution in [0.15, 0.2) is 12.4 Å². The van der Waals surface area contributed by atoms with Crippen molar-refractivity contribution in [2.75, 3.05) is 5.73 Å². The topological polar surface area (TPSA) is 77.6 Å². The number of hydrogen-bond donors (Lipinski definition) is 1. The maximum absolute atomic E-state index is 5.92. The second kappa shape index (κ2) is 3.96. The summed E-state index contributed by atoms with van der Waals surface area (Å²) in [7, 11) is 0. The first-order valence-electron chi connectivity index (χ1n) is 5.26. The number of rotatable bonds is 1. The number of fused-ring (bicyclic) bond motifs is 1. The minimum Gasteiger partial charge on any atom is -0.383 e. The molecule has 0 fully saturated rings. The molecule has 2 aromatic rings. The number of nitrogen functional groups attached to an aromatic ring is 1. The van der Waals surface area contributed by atoms with E-state index >= 15 is 0 Å². The molecule has 5 nitrogen and oxygen atoms in total. The fourth-order valence-corrected chi connectivity index (χ4v) is 2.74. The van der Waals surface area contributed by atoms with Gasteiger partial charge in [-0.15, -0.1) is 0 Å². The Hall–Kier alpha value is -1.69. The van der Waals surface area contributed by atoms with Crippen molar-refractivity contribution in [1.29, 1.82) is 0 Å². The highest BCUT2D eigenvalue weighted by Gasteiger charge is 2.19. The van der Waals surface area contributed by atoms with Crippen molar-refractivity contribution < 1.29 is 0 Å². The number of nitrogens with two attached hydrogens (primary N) is 1. The minimum absolute atomic E-state index is 0.517. The second-order valence-electron chi connectivity index (χ2n) is 3.93. The third-order valence-electron chi connectivity index (χ3n) is 2.59. The van der Waals surface area contributed by atoms with Gasteiger partial charge in [0.2, 0.25) is 0 Å². The molecule has 1 aliphatic rings. The van der Waals surface area contributed by atoms with Crippen LogP contribution in [0.4, 0.5) is 5.82 Å². The van der Waals surface area contributed by atoms with Gasteiger partial charge >= 0.3 is 0 Å². The van der Waals surface area contributed by atoms with Gasteiger partial charge in [-0.2, -0.15) is 11.8 Å². The normalized spacial score (nSPS) is 13.7. The predicted molar refractivity (Wildman–Crippen MR) is 67.2 cm³/mol. The first-order chi connectivity index (χ1) is 8.24. The highest BCUT2D eigenvalue weighted by Crippen LogP contribution is 2.32. The molecule has 0 unspecified atom stereocenters. The van der Waals surface area contributed by atoms with Crippen molar-refractivity contribution in [2.45, 2.75) is 18.4 Å². The zero-order valence-corrected chi connectivity index (χ0v) is 10.2. The fourth-order valence-electron chi connectivity index (χ4n) is 1.68. The Morgan fingerprint density at radius 2 is 1.88 bits per heavy atom. The summed E-state index contributed by atoms with van der Waals surface area (Å²) in [6.07, 6.45) is 3.51. The van der Waals surface area contributed by atoms with Gasteiger partial charge in [-0.25, -0.2) is 19.9 Å². The molecule has 3 rings (SSSR count). The van der Waals surface area contributed by atoms with Gasteiger partial charge in [-0.3, -0.25) is 0 Å². The summed E-state index contributed by atoms with van der Waals surface area (Å²) in [6.45, 7) is 1.94. The van der Waals surface area contributed by atoms with Crippen LogP contribution in [0.2, 0.25) is 0 Å². The molecular formula is C11H11N5S. The number of nitrogens with zero attached hydrogens (tertiary/aromatic N) is 4. The molecule has 0 saturated carbocycles. The van der Waals surface area contributed by atoms with E-state index in [1.54, 1.807) is 24.2 Å². The Kier molecular flexibility index (Phi) is 2.44. The Morgan fingerprint density at radius 3 is 2.65 bits per heavy atom. The van der Waals surface area contributed by atoms with Crippen molar-refractivity contribution in [2.24, 2.45) is 0 Å². The van der Waals surface area contributed by atoms with Gasteiger partial charge in [0.1, 0.15) is 5.82 Å². The lowest BCUT2D eigenvalue weighted by Gasteiger charge is -2.04. The van der Waals surface area contributed by atoms with Crippen molar-refractivity contribution >= 4 is 17.6 Å². The van der Waals surface area contributed by atoms with Gasteiger partial charge in [0, 0.05) is 29.5 Å². The minimum atomic E-state index is 0.517. The van der Waals surface area contributed by atoms with Gasteiger partial charge in [0.05, 0.1) is 5.69 Å². The summed E-state index contributed by atoms with van der Waals surface area (Å²) < 4.78 is 0. The van der Waals surface area contributed by atoms with Gasteiger partial charge in [-0.05, 0) is 12.5 Å². The monoisotopic (exact) mass is 245 g/mol. The fraction of sp³-hybridized carbons (Fsp3) is 0.273. The third kappa shape index (κ3) is 1.84. The Balaban J connectivity index is 2.10. The molecule has 0 radical (unpaired) electrons. The van der Waals surface area contributed by atoms with E-state index in [4.69, 9.17) is 5.73 Å². The SMILES string of the molecule is Cc1cnc(-c2nc(N)c3c(n2)CSC3)nc1. The van der Waals surface area contributed by atoms with Crippen molar-refractivity contribution in [3.05, 3.63) is 29.2 Å². The molecule has 1 aliphatic heterocycles. The molecule has 17 heavy (non-hydrogen) atoms. The first-order valence-corrected chi connectivity index (χ1v) is 6.41. The molecule has 0 aliphatic carbocycles. The Morgan fingerprint density at radius 1 is 1.12 bits per heavy atom. The largest absolute Gasteiger partial charge is 0.383 e.